The minimum absolute atomic E-state index is 0.497. The summed E-state index contributed by atoms with van der Waals surface area (Å²) in [6.07, 6.45) is 4.88. The van der Waals surface area contributed by atoms with Crippen LogP contribution in [0.2, 0.25) is 0 Å². The molecule has 1 heterocycles. The second kappa shape index (κ2) is 3.77. The summed E-state index contributed by atoms with van der Waals surface area (Å²) in [6.45, 7) is 4.32. The molecule has 62 valence electrons. The van der Waals surface area contributed by atoms with Gasteiger partial charge in [-0.3, -0.25) is 0 Å². The van der Waals surface area contributed by atoms with Crippen LogP contribution in [0.3, 0.4) is 0 Å². The molecular weight excluding hydrogens is 160 g/mol. The Hall–Kier alpha value is -0.500. The summed E-state index contributed by atoms with van der Waals surface area (Å²) in [5, 5.41) is 0. The van der Waals surface area contributed by atoms with Crippen molar-refractivity contribution in [3.63, 3.8) is 0 Å². The molecule has 1 aromatic heterocycles. The number of aromatic nitrogens is 2. The quantitative estimate of drug-likeness (QED) is 0.641. The lowest BCUT2D eigenvalue weighted by molar-refractivity contribution is 0.516. The SMILES string of the molecule is CCC(C)n1ccnc1CCl. The van der Waals surface area contributed by atoms with Crippen molar-refractivity contribution in [2.24, 2.45) is 0 Å². The Balaban J connectivity index is 2.83. The molecule has 1 aromatic rings. The highest BCUT2D eigenvalue weighted by Crippen LogP contribution is 2.13. The molecule has 0 aliphatic rings. The fourth-order valence-corrected chi connectivity index (χ4v) is 1.25. The van der Waals surface area contributed by atoms with Crippen molar-refractivity contribution < 1.29 is 0 Å². The Morgan fingerprint density at radius 2 is 2.45 bits per heavy atom. The molecule has 0 spiro atoms. The summed E-state index contributed by atoms with van der Waals surface area (Å²) in [4.78, 5) is 4.13. The van der Waals surface area contributed by atoms with Gasteiger partial charge in [0, 0.05) is 18.4 Å². The Morgan fingerprint density at radius 3 is 3.00 bits per heavy atom. The van der Waals surface area contributed by atoms with E-state index in [1.807, 2.05) is 6.20 Å². The van der Waals surface area contributed by atoms with Crippen molar-refractivity contribution in [1.82, 2.24) is 9.55 Å². The third kappa shape index (κ3) is 1.74. The zero-order chi connectivity index (χ0) is 8.27. The molecule has 0 aliphatic heterocycles. The van der Waals surface area contributed by atoms with E-state index in [-0.39, 0.29) is 0 Å². The van der Waals surface area contributed by atoms with Gasteiger partial charge in [-0.2, -0.15) is 0 Å². The van der Waals surface area contributed by atoms with Gasteiger partial charge < -0.3 is 4.57 Å². The fraction of sp³-hybridized carbons (Fsp3) is 0.625. The van der Waals surface area contributed by atoms with E-state index in [4.69, 9.17) is 11.6 Å². The topological polar surface area (TPSA) is 17.8 Å². The van der Waals surface area contributed by atoms with Crippen molar-refractivity contribution in [1.29, 1.82) is 0 Å². The van der Waals surface area contributed by atoms with Crippen LogP contribution >= 0.6 is 11.6 Å². The highest BCUT2D eigenvalue weighted by molar-refractivity contribution is 6.16. The van der Waals surface area contributed by atoms with Crippen LogP contribution in [0, 0.1) is 0 Å². The number of nitrogens with zero attached hydrogens (tertiary/aromatic N) is 2. The van der Waals surface area contributed by atoms with Gasteiger partial charge in [-0.25, -0.2) is 4.98 Å². The zero-order valence-corrected chi connectivity index (χ0v) is 7.67. The molecule has 0 saturated heterocycles. The van der Waals surface area contributed by atoms with E-state index in [0.29, 0.717) is 11.9 Å². The molecule has 1 atom stereocenters. The second-order valence-corrected chi connectivity index (χ2v) is 2.91. The summed E-state index contributed by atoms with van der Waals surface area (Å²) in [7, 11) is 0. The van der Waals surface area contributed by atoms with E-state index in [9.17, 15) is 0 Å². The number of imidazole rings is 1. The van der Waals surface area contributed by atoms with Crippen molar-refractivity contribution in [2.75, 3.05) is 0 Å². The summed E-state index contributed by atoms with van der Waals surface area (Å²) in [5.41, 5.74) is 0. The van der Waals surface area contributed by atoms with E-state index in [2.05, 4.69) is 23.4 Å². The number of alkyl halides is 1. The first-order valence-corrected chi connectivity index (χ1v) is 4.40. The number of halogens is 1. The predicted molar refractivity (Wildman–Crippen MR) is 46.8 cm³/mol. The fourth-order valence-electron chi connectivity index (χ4n) is 1.05. The lowest BCUT2D eigenvalue weighted by Crippen LogP contribution is -2.05. The van der Waals surface area contributed by atoms with Crippen LogP contribution in [0.4, 0.5) is 0 Å². The minimum Gasteiger partial charge on any atom is -0.331 e. The van der Waals surface area contributed by atoms with Gasteiger partial charge in [0.05, 0.1) is 5.88 Å². The number of hydrogen-bond acceptors (Lipinski definition) is 1. The maximum Gasteiger partial charge on any atom is 0.123 e. The average molecular weight is 173 g/mol. The molecule has 0 radical (unpaired) electrons. The van der Waals surface area contributed by atoms with Crippen molar-refractivity contribution in [3.8, 4) is 0 Å². The lowest BCUT2D eigenvalue weighted by atomic mass is 10.2. The molecule has 1 rings (SSSR count). The van der Waals surface area contributed by atoms with Gasteiger partial charge in [-0.1, -0.05) is 6.92 Å². The Morgan fingerprint density at radius 1 is 1.73 bits per heavy atom. The van der Waals surface area contributed by atoms with Crippen molar-refractivity contribution in [2.45, 2.75) is 32.2 Å². The number of rotatable bonds is 3. The van der Waals surface area contributed by atoms with Gasteiger partial charge in [0.1, 0.15) is 5.82 Å². The van der Waals surface area contributed by atoms with E-state index in [1.54, 1.807) is 6.20 Å². The molecule has 2 nitrogen and oxygen atoms in total. The van der Waals surface area contributed by atoms with Gasteiger partial charge in [0.25, 0.3) is 0 Å². The monoisotopic (exact) mass is 172 g/mol. The van der Waals surface area contributed by atoms with Crippen LogP contribution in [0.15, 0.2) is 12.4 Å². The van der Waals surface area contributed by atoms with Crippen LogP contribution in [-0.2, 0) is 5.88 Å². The minimum atomic E-state index is 0.497. The summed E-state index contributed by atoms with van der Waals surface area (Å²) in [5.74, 6) is 1.46. The second-order valence-electron chi connectivity index (χ2n) is 2.64. The molecule has 0 bridgehead atoms. The smallest absolute Gasteiger partial charge is 0.123 e. The van der Waals surface area contributed by atoms with Gasteiger partial charge in [-0.15, -0.1) is 11.6 Å². The Bertz CT molecular complexity index is 220. The van der Waals surface area contributed by atoms with Gasteiger partial charge >= 0.3 is 0 Å². The summed E-state index contributed by atoms with van der Waals surface area (Å²) < 4.78 is 2.12. The van der Waals surface area contributed by atoms with Gasteiger partial charge in [0.2, 0.25) is 0 Å². The van der Waals surface area contributed by atoms with Crippen molar-refractivity contribution in [3.05, 3.63) is 18.2 Å². The third-order valence-electron chi connectivity index (χ3n) is 1.93. The summed E-state index contributed by atoms with van der Waals surface area (Å²) in [6, 6.07) is 0.506. The van der Waals surface area contributed by atoms with Gasteiger partial charge in [-0.05, 0) is 13.3 Å². The molecule has 11 heavy (non-hydrogen) atoms. The maximum absolute atomic E-state index is 5.69. The standard InChI is InChI=1S/C8H13ClN2/c1-3-7(2)11-5-4-10-8(11)6-9/h4-5,7H,3,6H2,1-2H3. The molecule has 1 unspecified atom stereocenters. The molecule has 0 saturated carbocycles. The molecule has 0 fully saturated rings. The third-order valence-corrected chi connectivity index (χ3v) is 2.17. The molecule has 0 aliphatic carbocycles. The largest absolute Gasteiger partial charge is 0.331 e. The Labute approximate surface area is 72.2 Å². The average Bonchev–Trinajstić information content (AvgIpc) is 2.50. The highest BCUT2D eigenvalue weighted by atomic mass is 35.5. The van der Waals surface area contributed by atoms with Crippen LogP contribution in [0.1, 0.15) is 32.1 Å². The normalized spacial score (nSPS) is 13.4. The van der Waals surface area contributed by atoms with Crippen LogP contribution in [-0.4, -0.2) is 9.55 Å². The maximum atomic E-state index is 5.69. The predicted octanol–water partition coefficient (Wildman–Crippen LogP) is 2.59. The van der Waals surface area contributed by atoms with E-state index in [0.717, 1.165) is 12.2 Å². The molecule has 0 N–H and O–H groups in total. The van der Waals surface area contributed by atoms with Crippen molar-refractivity contribution >= 4 is 11.6 Å². The Kier molecular flexibility index (Phi) is 2.94. The van der Waals surface area contributed by atoms with E-state index in [1.165, 1.54) is 0 Å². The first-order valence-electron chi connectivity index (χ1n) is 3.87. The van der Waals surface area contributed by atoms with Crippen LogP contribution in [0.5, 0.6) is 0 Å². The lowest BCUT2D eigenvalue weighted by Gasteiger charge is -2.12. The van der Waals surface area contributed by atoms with Gasteiger partial charge in [0.15, 0.2) is 0 Å². The molecule has 0 amide bonds. The first-order chi connectivity index (χ1) is 5.29. The number of hydrogen-bond donors (Lipinski definition) is 0. The molecular formula is C8H13ClN2. The van der Waals surface area contributed by atoms with Crippen LogP contribution < -0.4 is 0 Å². The van der Waals surface area contributed by atoms with Crippen LogP contribution in [0.25, 0.3) is 0 Å². The first kappa shape index (κ1) is 8.60. The van der Waals surface area contributed by atoms with E-state index < -0.39 is 0 Å². The van der Waals surface area contributed by atoms with E-state index >= 15 is 0 Å². The molecule has 3 heteroatoms. The molecule has 0 aromatic carbocycles. The highest BCUT2D eigenvalue weighted by Gasteiger charge is 2.05. The zero-order valence-electron chi connectivity index (χ0n) is 6.92. The summed E-state index contributed by atoms with van der Waals surface area (Å²) >= 11 is 5.69.